The molecule has 4 nitrogen and oxygen atoms in total. The lowest BCUT2D eigenvalue weighted by atomic mass is 9.80. The van der Waals surface area contributed by atoms with Crippen molar-refractivity contribution >= 4 is 76.6 Å². The van der Waals surface area contributed by atoms with Crippen LogP contribution in [0, 0.1) is 0 Å². The van der Waals surface area contributed by atoms with Crippen molar-refractivity contribution in [3.63, 3.8) is 0 Å². The minimum Gasteiger partial charge on any atom is -0.452 e. The Hall–Kier alpha value is -7.30. The normalized spacial score (nSPS) is 13.6. The van der Waals surface area contributed by atoms with E-state index in [2.05, 4.69) is 160 Å². The Labute approximate surface area is 366 Å². The molecule has 306 valence electrons. The Balaban J connectivity index is 0.981. The number of carbonyl (C=O) groups is 2. The van der Waals surface area contributed by atoms with Gasteiger partial charge < -0.3 is 9.47 Å². The van der Waals surface area contributed by atoms with Crippen LogP contribution in [0.15, 0.2) is 159 Å². The van der Waals surface area contributed by atoms with Gasteiger partial charge in [0.25, 0.3) is 0 Å². The second-order valence-corrected chi connectivity index (χ2v) is 18.8. The first-order valence-corrected chi connectivity index (χ1v) is 21.6. The van der Waals surface area contributed by atoms with E-state index in [1.807, 2.05) is 27.7 Å². The standard InChI is InChI=1S/C59H46O4/c1-9-51(60)62-58(5,6)41-27-37-13-11-33-15-21-43(47-25-19-39(29-41)53(37)55(33)47)35-17-23-45-46-24-18-36(32-50(46)57(3,4)49(45)31-35)44-22-16-34-12-14-38-28-42(59(7,8)63-52(61)10-2)30-40-20-26-48(44)56(34)54(38)40/h9-32H,1-2H2,3-8H3. The number of rotatable bonds is 8. The lowest BCUT2D eigenvalue weighted by Crippen LogP contribution is -2.24. The molecule has 0 aliphatic heterocycles. The number of hydrogen-bond acceptors (Lipinski definition) is 4. The molecule has 11 rings (SSSR count). The molecule has 0 amide bonds. The van der Waals surface area contributed by atoms with Crippen LogP contribution in [0.1, 0.15) is 63.8 Å². The summed E-state index contributed by atoms with van der Waals surface area (Å²) >= 11 is 0. The van der Waals surface area contributed by atoms with E-state index in [9.17, 15) is 9.59 Å². The zero-order valence-electron chi connectivity index (χ0n) is 36.4. The van der Waals surface area contributed by atoms with E-state index in [4.69, 9.17) is 9.47 Å². The Morgan fingerprint density at radius 2 is 0.778 bits per heavy atom. The molecule has 0 atom stereocenters. The summed E-state index contributed by atoms with van der Waals surface area (Å²) in [6.45, 7) is 19.6. The Morgan fingerprint density at radius 1 is 0.444 bits per heavy atom. The highest BCUT2D eigenvalue weighted by Gasteiger charge is 2.36. The first-order chi connectivity index (χ1) is 30.2. The number of benzene rings is 10. The van der Waals surface area contributed by atoms with Gasteiger partial charge in [0.15, 0.2) is 0 Å². The number of hydrogen-bond donors (Lipinski definition) is 0. The molecule has 0 radical (unpaired) electrons. The van der Waals surface area contributed by atoms with Gasteiger partial charge in [0, 0.05) is 17.6 Å². The molecule has 0 aromatic heterocycles. The Kier molecular flexibility index (Phi) is 8.18. The minimum atomic E-state index is -0.812. The van der Waals surface area contributed by atoms with Crippen LogP contribution in [0.4, 0.5) is 0 Å². The van der Waals surface area contributed by atoms with Crippen LogP contribution in [-0.2, 0) is 35.7 Å². The summed E-state index contributed by atoms with van der Waals surface area (Å²) in [4.78, 5) is 24.4. The molecule has 0 heterocycles. The largest absolute Gasteiger partial charge is 0.452 e. The van der Waals surface area contributed by atoms with Gasteiger partial charge in [-0.15, -0.1) is 0 Å². The molecule has 4 heteroatoms. The molecule has 0 N–H and O–H groups in total. The molecule has 1 aliphatic rings. The number of esters is 2. The fourth-order valence-electron chi connectivity index (χ4n) is 10.6. The summed E-state index contributed by atoms with van der Waals surface area (Å²) in [5, 5.41) is 14.2. The van der Waals surface area contributed by atoms with Gasteiger partial charge in [0.2, 0.25) is 0 Å². The Bertz CT molecular complexity index is 3340. The van der Waals surface area contributed by atoms with E-state index < -0.39 is 23.1 Å². The van der Waals surface area contributed by atoms with E-state index in [-0.39, 0.29) is 5.41 Å². The summed E-state index contributed by atoms with van der Waals surface area (Å²) in [6, 6.07) is 49.4. The second-order valence-electron chi connectivity index (χ2n) is 18.8. The maximum atomic E-state index is 12.2. The van der Waals surface area contributed by atoms with Crippen molar-refractivity contribution in [1.82, 2.24) is 0 Å². The van der Waals surface area contributed by atoms with Crippen LogP contribution in [0.25, 0.3) is 98.0 Å². The van der Waals surface area contributed by atoms with E-state index in [1.165, 1.54) is 99.7 Å². The highest BCUT2D eigenvalue weighted by molar-refractivity contribution is 6.27. The van der Waals surface area contributed by atoms with E-state index >= 15 is 0 Å². The molecule has 10 aromatic carbocycles. The van der Waals surface area contributed by atoms with Crippen molar-refractivity contribution in [3.8, 4) is 33.4 Å². The van der Waals surface area contributed by atoms with Gasteiger partial charge in [-0.2, -0.15) is 0 Å². The molecule has 1 aliphatic carbocycles. The average molecular weight is 819 g/mol. The van der Waals surface area contributed by atoms with Crippen LogP contribution in [-0.4, -0.2) is 11.9 Å². The predicted molar refractivity (Wildman–Crippen MR) is 261 cm³/mol. The maximum Gasteiger partial charge on any atom is 0.331 e. The quantitative estimate of drug-likeness (QED) is 0.0871. The van der Waals surface area contributed by atoms with Crippen LogP contribution in [0.2, 0.25) is 0 Å². The van der Waals surface area contributed by atoms with Gasteiger partial charge in [-0.05, 0) is 184 Å². The lowest BCUT2D eigenvalue weighted by molar-refractivity contribution is -0.152. The summed E-state index contributed by atoms with van der Waals surface area (Å²) in [7, 11) is 0. The van der Waals surface area contributed by atoms with Gasteiger partial charge in [-0.1, -0.05) is 124 Å². The van der Waals surface area contributed by atoms with Gasteiger partial charge in [0.1, 0.15) is 11.2 Å². The first kappa shape index (κ1) is 38.6. The molecule has 0 spiro atoms. The van der Waals surface area contributed by atoms with Crippen molar-refractivity contribution < 1.29 is 19.1 Å². The molecule has 0 bridgehead atoms. The van der Waals surface area contributed by atoms with E-state index in [0.29, 0.717) is 0 Å². The van der Waals surface area contributed by atoms with E-state index in [0.717, 1.165) is 32.7 Å². The molecule has 0 unspecified atom stereocenters. The van der Waals surface area contributed by atoms with Crippen LogP contribution >= 0.6 is 0 Å². The average Bonchev–Trinajstić information content (AvgIpc) is 3.50. The summed E-state index contributed by atoms with van der Waals surface area (Å²) in [6.07, 6.45) is 2.43. The zero-order valence-corrected chi connectivity index (χ0v) is 36.4. The monoisotopic (exact) mass is 818 g/mol. The third kappa shape index (κ3) is 5.74. The number of fused-ring (bicyclic) bond motifs is 3. The fraction of sp³-hybridized carbons (Fsp3) is 0.153. The number of carbonyl (C=O) groups excluding carboxylic acids is 2. The van der Waals surface area contributed by atoms with Crippen molar-refractivity contribution in [2.75, 3.05) is 0 Å². The minimum absolute atomic E-state index is 0.235. The van der Waals surface area contributed by atoms with Crippen molar-refractivity contribution in [2.24, 2.45) is 0 Å². The maximum absolute atomic E-state index is 12.2. The van der Waals surface area contributed by atoms with Crippen LogP contribution < -0.4 is 0 Å². The van der Waals surface area contributed by atoms with Gasteiger partial charge in [-0.3, -0.25) is 0 Å². The molecule has 63 heavy (non-hydrogen) atoms. The highest BCUT2D eigenvalue weighted by Crippen LogP contribution is 2.52. The zero-order chi connectivity index (χ0) is 43.7. The predicted octanol–water partition coefficient (Wildman–Crippen LogP) is 15.1. The van der Waals surface area contributed by atoms with Crippen molar-refractivity contribution in [3.05, 3.63) is 181 Å². The highest BCUT2D eigenvalue weighted by atomic mass is 16.6. The summed E-state index contributed by atoms with van der Waals surface area (Å²) in [5.41, 5.74) is 10.0. The molecule has 0 fully saturated rings. The van der Waals surface area contributed by atoms with Gasteiger partial charge in [0.05, 0.1) is 0 Å². The van der Waals surface area contributed by atoms with Gasteiger partial charge >= 0.3 is 11.9 Å². The van der Waals surface area contributed by atoms with Crippen molar-refractivity contribution in [1.29, 1.82) is 0 Å². The Morgan fingerprint density at radius 3 is 1.16 bits per heavy atom. The summed E-state index contributed by atoms with van der Waals surface area (Å²) in [5.74, 6) is -0.875. The van der Waals surface area contributed by atoms with E-state index in [1.54, 1.807) is 0 Å². The van der Waals surface area contributed by atoms with Gasteiger partial charge in [-0.25, -0.2) is 9.59 Å². The molecular weight excluding hydrogens is 773 g/mol. The SMILES string of the molecule is C=CC(=O)OC(C)(C)c1cc2ccc3ccc(-c4ccc5c(c4)C(C)(C)c4cc(-c6ccc7ccc8cc(C(C)(C)OC(=O)C=C)cc9ccc6c7c89)ccc4-5)c4ccc(c1)c2c34. The molecule has 10 aromatic rings. The molecular formula is C59H46O4. The first-order valence-electron chi connectivity index (χ1n) is 21.6. The van der Waals surface area contributed by atoms with Crippen molar-refractivity contribution in [2.45, 2.75) is 58.2 Å². The fourth-order valence-corrected chi connectivity index (χ4v) is 10.6. The third-order valence-corrected chi connectivity index (χ3v) is 13.9. The third-order valence-electron chi connectivity index (χ3n) is 13.9. The topological polar surface area (TPSA) is 52.6 Å². The molecule has 0 saturated heterocycles. The second kappa shape index (κ2) is 13.3. The lowest BCUT2D eigenvalue weighted by Gasteiger charge is -2.26. The van der Waals surface area contributed by atoms with Crippen LogP contribution in [0.5, 0.6) is 0 Å². The summed E-state index contributed by atoms with van der Waals surface area (Å²) < 4.78 is 11.5. The smallest absolute Gasteiger partial charge is 0.331 e. The number of ether oxygens (including phenoxy) is 2. The molecule has 0 saturated carbocycles. The van der Waals surface area contributed by atoms with Crippen LogP contribution in [0.3, 0.4) is 0 Å².